The predicted molar refractivity (Wildman–Crippen MR) is 168 cm³/mol. The summed E-state index contributed by atoms with van der Waals surface area (Å²) in [4.78, 5) is 21.3. The van der Waals surface area contributed by atoms with Crippen molar-refractivity contribution >= 4 is 17.1 Å². The Morgan fingerprint density at radius 3 is 2.09 bits per heavy atom. The number of unbranched alkanes of at least 4 members (excludes halogenated alkanes) is 11. The highest BCUT2D eigenvalue weighted by Crippen LogP contribution is 2.30. The van der Waals surface area contributed by atoms with Crippen molar-refractivity contribution in [1.29, 1.82) is 0 Å². The number of nitro benzene ring substituents is 2. The second kappa shape index (κ2) is 20.2. The van der Waals surface area contributed by atoms with E-state index in [9.17, 15) is 45.8 Å². The van der Waals surface area contributed by atoms with Crippen molar-refractivity contribution in [3.8, 4) is 0 Å². The minimum absolute atomic E-state index is 0.0450. The van der Waals surface area contributed by atoms with Crippen molar-refractivity contribution in [3.05, 3.63) is 62.2 Å². The first kappa shape index (κ1) is 37.2. The highest BCUT2D eigenvalue weighted by atomic mass is 16.6. The van der Waals surface area contributed by atoms with Crippen molar-refractivity contribution in [2.45, 2.75) is 120 Å². The van der Waals surface area contributed by atoms with Gasteiger partial charge in [0.05, 0.1) is 40.7 Å². The smallest absolute Gasteiger partial charge is 0.299 e. The Labute approximate surface area is 259 Å². The quantitative estimate of drug-likeness (QED) is 0.0427. The molecule has 0 saturated heterocycles. The standard InChI is InChI=1S/C31H50N4O9/c1-2-3-4-5-6-7-8-9-10-11-12-13-14-15-28(37)26(20-32-25-18-22(21-36)29(38)31(40)30(25)39)33-24-17-16-23(34(41)42)19-27(24)35(43)44/h14-19,25-26,28-33,36-40H,2-13,20-21H2,1H3/b15-14+. The van der Waals surface area contributed by atoms with Gasteiger partial charge in [0, 0.05) is 12.6 Å². The molecule has 6 atom stereocenters. The molecular formula is C31H50N4O9. The summed E-state index contributed by atoms with van der Waals surface area (Å²) in [6.07, 6.45) is 13.4. The fourth-order valence-corrected chi connectivity index (χ4v) is 5.30. The SMILES string of the molecule is CCCCCCCCCCCCC/C=C/C(O)C(CNC1C=C(CO)C(O)C(O)C1O)Nc1ccc([N+](=O)[O-])cc1[N+](=O)[O-]. The molecule has 7 N–H and O–H groups in total. The molecular weight excluding hydrogens is 572 g/mol. The lowest BCUT2D eigenvalue weighted by Gasteiger charge is -2.35. The van der Waals surface area contributed by atoms with E-state index in [1.54, 1.807) is 6.08 Å². The van der Waals surface area contributed by atoms with E-state index >= 15 is 0 Å². The summed E-state index contributed by atoms with van der Waals surface area (Å²) in [6, 6.07) is 1.35. The molecule has 0 amide bonds. The summed E-state index contributed by atoms with van der Waals surface area (Å²) in [7, 11) is 0. The summed E-state index contributed by atoms with van der Waals surface area (Å²) in [5.41, 5.74) is -0.927. The maximum atomic E-state index is 11.7. The van der Waals surface area contributed by atoms with Crippen LogP contribution in [0.1, 0.15) is 84.0 Å². The number of anilines is 1. The zero-order valence-corrected chi connectivity index (χ0v) is 25.6. The van der Waals surface area contributed by atoms with Gasteiger partial charge in [-0.15, -0.1) is 0 Å². The average molecular weight is 623 g/mol. The van der Waals surface area contributed by atoms with E-state index in [1.807, 2.05) is 6.08 Å². The van der Waals surface area contributed by atoms with Gasteiger partial charge in [0.15, 0.2) is 0 Å². The lowest BCUT2D eigenvalue weighted by Crippen LogP contribution is -2.56. The van der Waals surface area contributed by atoms with E-state index in [0.717, 1.165) is 37.8 Å². The van der Waals surface area contributed by atoms with Gasteiger partial charge in [0.25, 0.3) is 11.4 Å². The Morgan fingerprint density at radius 1 is 0.909 bits per heavy atom. The van der Waals surface area contributed by atoms with Crippen LogP contribution in [0.5, 0.6) is 0 Å². The molecule has 0 heterocycles. The Balaban J connectivity index is 2.01. The molecule has 2 rings (SSSR count). The molecule has 0 spiro atoms. The van der Waals surface area contributed by atoms with Crippen LogP contribution in [0.4, 0.5) is 17.1 Å². The number of allylic oxidation sites excluding steroid dienone is 1. The lowest BCUT2D eigenvalue weighted by atomic mass is 9.88. The summed E-state index contributed by atoms with van der Waals surface area (Å²) >= 11 is 0. The third kappa shape index (κ3) is 12.2. The first-order chi connectivity index (χ1) is 21.1. The number of aliphatic hydroxyl groups excluding tert-OH is 5. The highest BCUT2D eigenvalue weighted by Gasteiger charge is 2.37. The molecule has 0 aliphatic heterocycles. The molecule has 0 fully saturated rings. The fourth-order valence-electron chi connectivity index (χ4n) is 5.30. The highest BCUT2D eigenvalue weighted by molar-refractivity contribution is 5.65. The molecule has 6 unspecified atom stereocenters. The van der Waals surface area contributed by atoms with Gasteiger partial charge in [0.1, 0.15) is 24.0 Å². The number of rotatable bonds is 22. The lowest BCUT2D eigenvalue weighted by molar-refractivity contribution is -0.393. The number of nitrogens with zero attached hydrogens (tertiary/aromatic N) is 2. The number of hydrogen-bond donors (Lipinski definition) is 7. The minimum Gasteiger partial charge on any atom is -0.392 e. The number of aliphatic hydroxyl groups is 5. The Hall–Kier alpha value is -2.94. The van der Waals surface area contributed by atoms with Crippen molar-refractivity contribution in [3.63, 3.8) is 0 Å². The largest absolute Gasteiger partial charge is 0.392 e. The summed E-state index contributed by atoms with van der Waals surface area (Å²) in [5, 5.41) is 79.9. The van der Waals surface area contributed by atoms with Gasteiger partial charge in [-0.2, -0.15) is 0 Å². The van der Waals surface area contributed by atoms with Crippen LogP contribution in [-0.4, -0.2) is 85.0 Å². The molecule has 0 aromatic heterocycles. The maximum Gasteiger partial charge on any atom is 0.299 e. The van der Waals surface area contributed by atoms with Crippen LogP contribution in [0.15, 0.2) is 42.0 Å². The van der Waals surface area contributed by atoms with E-state index < -0.39 is 64.3 Å². The van der Waals surface area contributed by atoms with Crippen LogP contribution in [0.25, 0.3) is 0 Å². The third-order valence-electron chi connectivity index (χ3n) is 8.02. The van der Waals surface area contributed by atoms with E-state index in [-0.39, 0.29) is 17.8 Å². The predicted octanol–water partition coefficient (Wildman–Crippen LogP) is 3.87. The number of non-ortho nitro benzene ring substituents is 1. The van der Waals surface area contributed by atoms with E-state index in [1.165, 1.54) is 63.5 Å². The molecule has 44 heavy (non-hydrogen) atoms. The van der Waals surface area contributed by atoms with Gasteiger partial charge in [-0.25, -0.2) is 0 Å². The topological polar surface area (TPSA) is 211 Å². The molecule has 0 bridgehead atoms. The normalized spacial score (nSPS) is 21.6. The zero-order valence-electron chi connectivity index (χ0n) is 25.6. The van der Waals surface area contributed by atoms with Crippen LogP contribution in [-0.2, 0) is 0 Å². The Morgan fingerprint density at radius 2 is 1.52 bits per heavy atom. The molecule has 13 nitrogen and oxygen atoms in total. The molecule has 248 valence electrons. The van der Waals surface area contributed by atoms with E-state index in [2.05, 4.69) is 17.6 Å². The monoisotopic (exact) mass is 622 g/mol. The molecule has 1 aromatic carbocycles. The van der Waals surface area contributed by atoms with Crippen LogP contribution in [0.3, 0.4) is 0 Å². The first-order valence-corrected chi connectivity index (χ1v) is 15.7. The van der Waals surface area contributed by atoms with Crippen LogP contribution in [0.2, 0.25) is 0 Å². The molecule has 1 aliphatic rings. The molecule has 13 heteroatoms. The molecule has 1 aromatic rings. The number of nitrogens with one attached hydrogen (secondary N) is 2. The zero-order chi connectivity index (χ0) is 32.5. The van der Waals surface area contributed by atoms with E-state index in [4.69, 9.17) is 0 Å². The summed E-state index contributed by atoms with van der Waals surface area (Å²) in [6.45, 7) is 1.61. The maximum absolute atomic E-state index is 11.7. The van der Waals surface area contributed by atoms with Crippen molar-refractivity contribution in [2.24, 2.45) is 0 Å². The average Bonchev–Trinajstić information content (AvgIpc) is 3.00. The van der Waals surface area contributed by atoms with Gasteiger partial charge < -0.3 is 36.2 Å². The summed E-state index contributed by atoms with van der Waals surface area (Å²) in [5.74, 6) is 0. The second-order valence-corrected chi connectivity index (χ2v) is 11.5. The van der Waals surface area contributed by atoms with Gasteiger partial charge in [-0.05, 0) is 24.5 Å². The Kier molecular flexibility index (Phi) is 17.1. The fraction of sp³-hybridized carbons (Fsp3) is 0.677. The molecule has 0 radical (unpaired) electrons. The van der Waals surface area contributed by atoms with Crippen molar-refractivity contribution in [2.75, 3.05) is 18.5 Å². The van der Waals surface area contributed by atoms with Crippen molar-refractivity contribution in [1.82, 2.24) is 5.32 Å². The Bertz CT molecular complexity index is 1080. The van der Waals surface area contributed by atoms with Crippen LogP contribution < -0.4 is 10.6 Å². The second-order valence-electron chi connectivity index (χ2n) is 11.5. The van der Waals surface area contributed by atoms with Gasteiger partial charge in [0.2, 0.25) is 0 Å². The number of benzene rings is 1. The summed E-state index contributed by atoms with van der Waals surface area (Å²) < 4.78 is 0. The third-order valence-corrected chi connectivity index (χ3v) is 8.02. The van der Waals surface area contributed by atoms with Gasteiger partial charge >= 0.3 is 0 Å². The van der Waals surface area contributed by atoms with Gasteiger partial charge in [-0.3, -0.25) is 20.2 Å². The number of nitro groups is 2. The minimum atomic E-state index is -1.56. The van der Waals surface area contributed by atoms with Crippen molar-refractivity contribution < 1.29 is 35.4 Å². The molecule has 0 saturated carbocycles. The number of hydrogen-bond acceptors (Lipinski definition) is 11. The van der Waals surface area contributed by atoms with Crippen LogP contribution >= 0.6 is 0 Å². The van der Waals surface area contributed by atoms with E-state index in [0.29, 0.717) is 0 Å². The van der Waals surface area contributed by atoms with Gasteiger partial charge in [-0.1, -0.05) is 89.4 Å². The first-order valence-electron chi connectivity index (χ1n) is 15.7. The molecule has 1 aliphatic carbocycles. The van der Waals surface area contributed by atoms with Crippen LogP contribution in [0, 0.1) is 20.2 Å².